The number of hydrogen-bond acceptors (Lipinski definition) is 3. The highest BCUT2D eigenvalue weighted by Crippen LogP contribution is 2.24. The van der Waals surface area contributed by atoms with Gasteiger partial charge in [-0.25, -0.2) is 0 Å². The van der Waals surface area contributed by atoms with Crippen LogP contribution in [-0.4, -0.2) is 48.1 Å². The molecule has 0 saturated carbocycles. The van der Waals surface area contributed by atoms with E-state index in [2.05, 4.69) is 36.0 Å². The standard InChI is InChI=1S/C15H24N2O/c1-11-7-13(8-12(2)15(11)18)9-17-6-5-14(10-17)16(3)4/h7-8,14,18H,5-6,9-10H2,1-4H3. The Bertz CT molecular complexity index is 405. The minimum atomic E-state index is 0.436. The molecule has 1 aromatic carbocycles. The summed E-state index contributed by atoms with van der Waals surface area (Å²) in [6, 6.07) is 4.89. The first-order chi connectivity index (χ1) is 8.47. The van der Waals surface area contributed by atoms with Crippen molar-refractivity contribution in [1.29, 1.82) is 0 Å². The van der Waals surface area contributed by atoms with E-state index in [0.29, 0.717) is 11.8 Å². The van der Waals surface area contributed by atoms with E-state index >= 15 is 0 Å². The summed E-state index contributed by atoms with van der Waals surface area (Å²) in [6.07, 6.45) is 1.25. The zero-order chi connectivity index (χ0) is 13.3. The van der Waals surface area contributed by atoms with Gasteiger partial charge in [-0.05, 0) is 51.1 Å². The molecule has 0 aliphatic carbocycles. The molecule has 0 spiro atoms. The number of likely N-dealkylation sites (N-methyl/N-ethyl adjacent to an activating group) is 1. The number of phenols is 1. The molecular formula is C15H24N2O. The van der Waals surface area contributed by atoms with Crippen LogP contribution in [0, 0.1) is 13.8 Å². The Hall–Kier alpha value is -1.06. The number of nitrogens with zero attached hydrogens (tertiary/aromatic N) is 2. The molecule has 0 radical (unpaired) electrons. The second kappa shape index (κ2) is 5.29. The van der Waals surface area contributed by atoms with E-state index in [1.165, 1.54) is 18.5 Å². The predicted molar refractivity (Wildman–Crippen MR) is 74.9 cm³/mol. The van der Waals surface area contributed by atoms with Crippen molar-refractivity contribution in [3.05, 3.63) is 28.8 Å². The molecule has 0 bridgehead atoms. The van der Waals surface area contributed by atoms with Crippen LogP contribution in [0.4, 0.5) is 0 Å². The molecule has 3 nitrogen and oxygen atoms in total. The zero-order valence-corrected chi connectivity index (χ0v) is 11.9. The summed E-state index contributed by atoms with van der Waals surface area (Å²) >= 11 is 0. The topological polar surface area (TPSA) is 26.7 Å². The molecule has 3 heteroatoms. The molecule has 1 N–H and O–H groups in total. The summed E-state index contributed by atoms with van der Waals surface area (Å²) < 4.78 is 0. The summed E-state index contributed by atoms with van der Waals surface area (Å²) in [5.74, 6) is 0.436. The van der Waals surface area contributed by atoms with Crippen molar-refractivity contribution in [3.63, 3.8) is 0 Å². The molecular weight excluding hydrogens is 224 g/mol. The molecule has 100 valence electrons. The molecule has 1 unspecified atom stereocenters. The molecule has 2 rings (SSSR count). The van der Waals surface area contributed by atoms with Gasteiger partial charge in [-0.15, -0.1) is 0 Å². The van der Waals surface area contributed by atoms with Crippen molar-refractivity contribution < 1.29 is 5.11 Å². The minimum absolute atomic E-state index is 0.436. The maximum Gasteiger partial charge on any atom is 0.121 e. The summed E-state index contributed by atoms with van der Waals surface area (Å²) in [5, 5.41) is 9.79. The van der Waals surface area contributed by atoms with Crippen molar-refractivity contribution in [3.8, 4) is 5.75 Å². The monoisotopic (exact) mass is 248 g/mol. The fourth-order valence-electron chi connectivity index (χ4n) is 2.77. The number of likely N-dealkylation sites (tertiary alicyclic amines) is 1. The number of benzene rings is 1. The van der Waals surface area contributed by atoms with Gasteiger partial charge >= 0.3 is 0 Å². The molecule has 1 saturated heterocycles. The maximum atomic E-state index is 9.79. The van der Waals surface area contributed by atoms with Crippen molar-refractivity contribution in [2.75, 3.05) is 27.2 Å². The lowest BCUT2D eigenvalue weighted by molar-refractivity contribution is 0.264. The largest absolute Gasteiger partial charge is 0.507 e. The van der Waals surface area contributed by atoms with Gasteiger partial charge in [-0.2, -0.15) is 0 Å². The van der Waals surface area contributed by atoms with E-state index in [4.69, 9.17) is 0 Å². The third-order valence-corrected chi connectivity index (χ3v) is 3.93. The van der Waals surface area contributed by atoms with E-state index in [1.807, 2.05) is 13.8 Å². The minimum Gasteiger partial charge on any atom is -0.507 e. The summed E-state index contributed by atoms with van der Waals surface area (Å²) in [5.41, 5.74) is 3.27. The summed E-state index contributed by atoms with van der Waals surface area (Å²) in [4.78, 5) is 4.81. The van der Waals surface area contributed by atoms with Crippen molar-refractivity contribution in [2.45, 2.75) is 32.9 Å². The average Bonchev–Trinajstić information content (AvgIpc) is 2.74. The summed E-state index contributed by atoms with van der Waals surface area (Å²) in [7, 11) is 4.31. The smallest absolute Gasteiger partial charge is 0.121 e. The quantitative estimate of drug-likeness (QED) is 0.888. The van der Waals surface area contributed by atoms with Gasteiger partial charge in [0.1, 0.15) is 5.75 Å². The van der Waals surface area contributed by atoms with Crippen LogP contribution in [-0.2, 0) is 6.54 Å². The number of aromatic hydroxyl groups is 1. The highest BCUT2D eigenvalue weighted by Gasteiger charge is 2.23. The first-order valence-electron chi connectivity index (χ1n) is 6.65. The molecule has 1 aromatic rings. The van der Waals surface area contributed by atoms with Crippen LogP contribution in [0.15, 0.2) is 12.1 Å². The Morgan fingerprint density at radius 1 is 1.28 bits per heavy atom. The number of rotatable bonds is 3. The Balaban J connectivity index is 2.03. The lowest BCUT2D eigenvalue weighted by Gasteiger charge is -2.20. The molecule has 0 amide bonds. The Labute approximate surface area is 110 Å². The molecule has 1 fully saturated rings. The van der Waals surface area contributed by atoms with Gasteiger partial charge in [0, 0.05) is 25.7 Å². The molecule has 1 aliphatic heterocycles. The lowest BCUT2D eigenvalue weighted by atomic mass is 10.1. The normalized spacial score (nSPS) is 20.8. The van der Waals surface area contributed by atoms with Gasteiger partial charge in [-0.1, -0.05) is 12.1 Å². The van der Waals surface area contributed by atoms with Crippen LogP contribution in [0.5, 0.6) is 5.75 Å². The second-order valence-corrected chi connectivity index (χ2v) is 5.72. The molecule has 1 aliphatic rings. The predicted octanol–water partition coefficient (Wildman–Crippen LogP) is 2.14. The maximum absolute atomic E-state index is 9.79. The van der Waals surface area contributed by atoms with Crippen LogP contribution in [0.2, 0.25) is 0 Å². The Kier molecular flexibility index (Phi) is 3.93. The van der Waals surface area contributed by atoms with Gasteiger partial charge < -0.3 is 10.0 Å². The van der Waals surface area contributed by atoms with E-state index in [-0.39, 0.29) is 0 Å². The highest BCUT2D eigenvalue weighted by atomic mass is 16.3. The Morgan fingerprint density at radius 3 is 2.39 bits per heavy atom. The van der Waals surface area contributed by atoms with Crippen LogP contribution < -0.4 is 0 Å². The molecule has 1 atom stereocenters. The van der Waals surface area contributed by atoms with E-state index in [1.54, 1.807) is 0 Å². The van der Waals surface area contributed by atoms with Crippen LogP contribution in [0.25, 0.3) is 0 Å². The van der Waals surface area contributed by atoms with Crippen LogP contribution >= 0.6 is 0 Å². The van der Waals surface area contributed by atoms with Gasteiger partial charge in [0.25, 0.3) is 0 Å². The number of hydrogen-bond donors (Lipinski definition) is 1. The van der Waals surface area contributed by atoms with Gasteiger partial charge in [-0.3, -0.25) is 4.90 Å². The first-order valence-corrected chi connectivity index (χ1v) is 6.65. The van der Waals surface area contributed by atoms with Gasteiger partial charge in [0.15, 0.2) is 0 Å². The lowest BCUT2D eigenvalue weighted by Crippen LogP contribution is -2.31. The third-order valence-electron chi connectivity index (χ3n) is 3.93. The van der Waals surface area contributed by atoms with Crippen LogP contribution in [0.1, 0.15) is 23.1 Å². The number of aryl methyl sites for hydroxylation is 2. The fraction of sp³-hybridized carbons (Fsp3) is 0.600. The number of phenolic OH excluding ortho intramolecular Hbond substituents is 1. The molecule has 18 heavy (non-hydrogen) atoms. The first kappa shape index (κ1) is 13.4. The SMILES string of the molecule is Cc1cc(CN2CCC(N(C)C)C2)cc(C)c1O. The van der Waals surface area contributed by atoms with E-state index in [0.717, 1.165) is 24.2 Å². The second-order valence-electron chi connectivity index (χ2n) is 5.72. The highest BCUT2D eigenvalue weighted by molar-refractivity contribution is 5.42. The summed E-state index contributed by atoms with van der Waals surface area (Å²) in [6.45, 7) is 7.25. The van der Waals surface area contributed by atoms with Crippen LogP contribution in [0.3, 0.4) is 0 Å². The van der Waals surface area contributed by atoms with Crippen molar-refractivity contribution >= 4 is 0 Å². The Morgan fingerprint density at radius 2 is 1.89 bits per heavy atom. The van der Waals surface area contributed by atoms with E-state index < -0.39 is 0 Å². The van der Waals surface area contributed by atoms with E-state index in [9.17, 15) is 5.11 Å². The zero-order valence-electron chi connectivity index (χ0n) is 11.9. The molecule has 1 heterocycles. The van der Waals surface area contributed by atoms with Crippen molar-refractivity contribution in [2.24, 2.45) is 0 Å². The van der Waals surface area contributed by atoms with Crippen molar-refractivity contribution in [1.82, 2.24) is 9.80 Å². The average molecular weight is 248 g/mol. The fourth-order valence-corrected chi connectivity index (χ4v) is 2.77. The molecule has 0 aromatic heterocycles. The van der Waals surface area contributed by atoms with Gasteiger partial charge in [0.2, 0.25) is 0 Å². The third kappa shape index (κ3) is 2.85. The van der Waals surface area contributed by atoms with Gasteiger partial charge in [0.05, 0.1) is 0 Å².